The first-order valence-corrected chi connectivity index (χ1v) is 7.02. The summed E-state index contributed by atoms with van der Waals surface area (Å²) < 4.78 is 0. The van der Waals surface area contributed by atoms with Crippen LogP contribution in [0.2, 0.25) is 0 Å². The maximum Gasteiger partial charge on any atom is 0.315 e. The standard InChI is InChI=1S/C12H19N3OS/c1-8-7-17-11(13-8)9(2)14-12(16)15-10-5-3-4-6-10/h7,9-10H,3-6H2,1-2H3,(H2,14,15,16). The Balaban J connectivity index is 1.81. The highest BCUT2D eigenvalue weighted by atomic mass is 32.1. The van der Waals surface area contributed by atoms with Crippen molar-refractivity contribution < 1.29 is 4.79 Å². The van der Waals surface area contributed by atoms with Crippen molar-refractivity contribution in [2.75, 3.05) is 0 Å². The summed E-state index contributed by atoms with van der Waals surface area (Å²) in [6.07, 6.45) is 4.68. The molecule has 0 spiro atoms. The first-order valence-electron chi connectivity index (χ1n) is 6.14. The summed E-state index contributed by atoms with van der Waals surface area (Å²) in [5.41, 5.74) is 1.01. The molecule has 1 aromatic rings. The predicted octanol–water partition coefficient (Wildman–Crippen LogP) is 2.75. The minimum absolute atomic E-state index is 0.0184. The summed E-state index contributed by atoms with van der Waals surface area (Å²) in [4.78, 5) is 16.1. The highest BCUT2D eigenvalue weighted by molar-refractivity contribution is 7.09. The van der Waals surface area contributed by atoms with E-state index in [4.69, 9.17) is 0 Å². The molecule has 17 heavy (non-hydrogen) atoms. The molecule has 2 rings (SSSR count). The zero-order valence-electron chi connectivity index (χ0n) is 10.3. The molecule has 0 aliphatic heterocycles. The van der Waals surface area contributed by atoms with Crippen molar-refractivity contribution in [3.05, 3.63) is 16.1 Å². The number of nitrogens with one attached hydrogen (secondary N) is 2. The number of aromatic nitrogens is 1. The summed E-state index contributed by atoms with van der Waals surface area (Å²) in [6, 6.07) is 0.271. The maximum absolute atomic E-state index is 11.7. The molecule has 5 heteroatoms. The number of hydrogen-bond acceptors (Lipinski definition) is 3. The van der Waals surface area contributed by atoms with Gasteiger partial charge in [-0.15, -0.1) is 11.3 Å². The summed E-state index contributed by atoms with van der Waals surface area (Å²) in [7, 11) is 0. The van der Waals surface area contributed by atoms with E-state index in [1.54, 1.807) is 11.3 Å². The van der Waals surface area contributed by atoms with Gasteiger partial charge in [0.2, 0.25) is 0 Å². The number of carbonyl (C=O) groups excluding carboxylic acids is 1. The molecule has 1 aliphatic rings. The first-order chi connectivity index (χ1) is 8.15. The number of carbonyl (C=O) groups is 1. The van der Waals surface area contributed by atoms with Crippen LogP contribution in [0.4, 0.5) is 4.79 Å². The zero-order valence-corrected chi connectivity index (χ0v) is 11.1. The molecule has 1 aliphatic carbocycles. The van der Waals surface area contributed by atoms with E-state index < -0.39 is 0 Å². The maximum atomic E-state index is 11.7. The fraction of sp³-hybridized carbons (Fsp3) is 0.667. The van der Waals surface area contributed by atoms with Gasteiger partial charge in [0.05, 0.1) is 6.04 Å². The molecule has 4 nitrogen and oxygen atoms in total. The van der Waals surface area contributed by atoms with Crippen LogP contribution in [0.1, 0.15) is 49.4 Å². The van der Waals surface area contributed by atoms with Crippen molar-refractivity contribution >= 4 is 17.4 Å². The molecular weight excluding hydrogens is 234 g/mol. The minimum atomic E-state index is -0.0720. The molecule has 0 radical (unpaired) electrons. The highest BCUT2D eigenvalue weighted by Gasteiger charge is 2.18. The lowest BCUT2D eigenvalue weighted by molar-refractivity contribution is 0.234. The van der Waals surface area contributed by atoms with Crippen LogP contribution in [0.15, 0.2) is 5.38 Å². The number of urea groups is 1. The Morgan fingerprint density at radius 3 is 2.82 bits per heavy atom. The van der Waals surface area contributed by atoms with E-state index in [9.17, 15) is 4.79 Å². The molecule has 1 unspecified atom stereocenters. The number of hydrogen-bond donors (Lipinski definition) is 2. The van der Waals surface area contributed by atoms with Gasteiger partial charge in [-0.05, 0) is 26.7 Å². The number of rotatable bonds is 3. The Bertz CT molecular complexity index is 385. The number of amides is 2. The van der Waals surface area contributed by atoms with Crippen LogP contribution in [0.5, 0.6) is 0 Å². The van der Waals surface area contributed by atoms with Gasteiger partial charge in [0.1, 0.15) is 5.01 Å². The summed E-state index contributed by atoms with van der Waals surface area (Å²) in [5, 5.41) is 8.91. The Morgan fingerprint density at radius 2 is 2.24 bits per heavy atom. The molecule has 2 amide bonds. The van der Waals surface area contributed by atoms with E-state index >= 15 is 0 Å². The summed E-state index contributed by atoms with van der Waals surface area (Å²) in [6.45, 7) is 3.93. The second kappa shape index (κ2) is 5.49. The molecule has 0 aromatic carbocycles. The van der Waals surface area contributed by atoms with Crippen LogP contribution in [0, 0.1) is 6.92 Å². The first kappa shape index (κ1) is 12.4. The van der Waals surface area contributed by atoms with Crippen LogP contribution in [0.25, 0.3) is 0 Å². The molecule has 94 valence electrons. The molecule has 1 atom stereocenters. The molecule has 1 fully saturated rings. The number of nitrogens with zero attached hydrogens (tertiary/aromatic N) is 1. The van der Waals surface area contributed by atoms with Crippen LogP contribution in [-0.2, 0) is 0 Å². The Kier molecular flexibility index (Phi) is 3.99. The number of thiazole rings is 1. The Hall–Kier alpha value is -1.10. The van der Waals surface area contributed by atoms with Crippen LogP contribution in [-0.4, -0.2) is 17.1 Å². The molecule has 0 saturated heterocycles. The van der Waals surface area contributed by atoms with E-state index in [0.29, 0.717) is 6.04 Å². The predicted molar refractivity (Wildman–Crippen MR) is 69.2 cm³/mol. The van der Waals surface area contributed by atoms with Crippen molar-refractivity contribution in [1.82, 2.24) is 15.6 Å². The minimum Gasteiger partial charge on any atom is -0.335 e. The van der Waals surface area contributed by atoms with Gasteiger partial charge >= 0.3 is 6.03 Å². The second-order valence-corrected chi connectivity index (χ2v) is 5.54. The monoisotopic (exact) mass is 253 g/mol. The van der Waals surface area contributed by atoms with Crippen LogP contribution >= 0.6 is 11.3 Å². The lowest BCUT2D eigenvalue weighted by Gasteiger charge is -2.16. The number of aryl methyl sites for hydroxylation is 1. The smallest absolute Gasteiger partial charge is 0.315 e. The van der Waals surface area contributed by atoms with Crippen molar-refractivity contribution in [2.45, 2.75) is 51.6 Å². The average Bonchev–Trinajstić information content (AvgIpc) is 2.89. The SMILES string of the molecule is Cc1csc(C(C)NC(=O)NC2CCCC2)n1. The molecule has 0 bridgehead atoms. The summed E-state index contributed by atoms with van der Waals surface area (Å²) in [5.74, 6) is 0. The van der Waals surface area contributed by atoms with Crippen molar-refractivity contribution in [1.29, 1.82) is 0 Å². The van der Waals surface area contributed by atoms with Gasteiger partial charge < -0.3 is 10.6 Å². The second-order valence-electron chi connectivity index (χ2n) is 4.65. The van der Waals surface area contributed by atoms with Gasteiger partial charge in [-0.1, -0.05) is 12.8 Å². The van der Waals surface area contributed by atoms with E-state index in [2.05, 4.69) is 15.6 Å². The fourth-order valence-corrected chi connectivity index (χ4v) is 2.93. The zero-order chi connectivity index (χ0) is 12.3. The van der Waals surface area contributed by atoms with E-state index in [-0.39, 0.29) is 12.1 Å². The average molecular weight is 253 g/mol. The fourth-order valence-electron chi connectivity index (χ4n) is 2.13. The molecular formula is C12H19N3OS. The quantitative estimate of drug-likeness (QED) is 0.870. The van der Waals surface area contributed by atoms with Gasteiger partial charge in [0.25, 0.3) is 0 Å². The molecule has 1 saturated carbocycles. The van der Waals surface area contributed by atoms with Gasteiger partial charge in [-0.3, -0.25) is 0 Å². The van der Waals surface area contributed by atoms with Gasteiger partial charge in [-0.25, -0.2) is 9.78 Å². The normalized spacial score (nSPS) is 18.0. The summed E-state index contributed by atoms with van der Waals surface area (Å²) >= 11 is 1.59. The lowest BCUT2D eigenvalue weighted by Crippen LogP contribution is -2.41. The largest absolute Gasteiger partial charge is 0.335 e. The van der Waals surface area contributed by atoms with Gasteiger partial charge in [0.15, 0.2) is 0 Å². The van der Waals surface area contributed by atoms with Crippen LogP contribution < -0.4 is 10.6 Å². The highest BCUT2D eigenvalue weighted by Crippen LogP contribution is 2.19. The molecule has 2 N–H and O–H groups in total. The Labute approximate surface area is 106 Å². The van der Waals surface area contributed by atoms with E-state index in [1.807, 2.05) is 19.2 Å². The third-order valence-electron chi connectivity index (χ3n) is 3.05. The van der Waals surface area contributed by atoms with E-state index in [1.165, 1.54) is 12.8 Å². The van der Waals surface area contributed by atoms with Crippen molar-refractivity contribution in [3.8, 4) is 0 Å². The molecule has 1 aromatic heterocycles. The van der Waals surface area contributed by atoms with Crippen molar-refractivity contribution in [3.63, 3.8) is 0 Å². The lowest BCUT2D eigenvalue weighted by atomic mass is 10.2. The third kappa shape index (κ3) is 3.43. The molecule has 1 heterocycles. The van der Waals surface area contributed by atoms with Crippen LogP contribution in [0.3, 0.4) is 0 Å². The van der Waals surface area contributed by atoms with Gasteiger partial charge in [-0.2, -0.15) is 0 Å². The van der Waals surface area contributed by atoms with Gasteiger partial charge in [0, 0.05) is 17.1 Å². The third-order valence-corrected chi connectivity index (χ3v) is 4.19. The topological polar surface area (TPSA) is 54.0 Å². The Morgan fingerprint density at radius 1 is 1.53 bits per heavy atom. The van der Waals surface area contributed by atoms with E-state index in [0.717, 1.165) is 23.5 Å². The van der Waals surface area contributed by atoms with Crippen molar-refractivity contribution in [2.24, 2.45) is 0 Å².